The zero-order chi connectivity index (χ0) is 11.4. The van der Waals surface area contributed by atoms with Crippen LogP contribution in [0.2, 0.25) is 5.02 Å². The molecule has 4 heteroatoms. The number of phenolic OH excluding ortho intramolecular Hbond substituents is 1. The third-order valence-corrected chi connectivity index (χ3v) is 3.07. The SMILES string of the molecule is CCCC(N)Cc1cc(Cl)cc(Br)c1O. The van der Waals surface area contributed by atoms with Crippen molar-refractivity contribution in [3.63, 3.8) is 0 Å². The van der Waals surface area contributed by atoms with Gasteiger partial charge in [-0.1, -0.05) is 24.9 Å². The Kier molecular flexibility index (Phi) is 4.90. The molecule has 0 saturated heterocycles. The van der Waals surface area contributed by atoms with E-state index in [9.17, 15) is 5.11 Å². The molecule has 1 aromatic rings. The number of nitrogens with two attached hydrogens (primary N) is 1. The van der Waals surface area contributed by atoms with Gasteiger partial charge in [0, 0.05) is 11.1 Å². The van der Waals surface area contributed by atoms with E-state index in [-0.39, 0.29) is 11.8 Å². The van der Waals surface area contributed by atoms with Crippen molar-refractivity contribution in [3.8, 4) is 5.75 Å². The molecule has 1 rings (SSSR count). The van der Waals surface area contributed by atoms with Crippen molar-refractivity contribution in [1.29, 1.82) is 0 Å². The van der Waals surface area contributed by atoms with Crippen LogP contribution >= 0.6 is 27.5 Å². The van der Waals surface area contributed by atoms with Crippen LogP contribution in [0.3, 0.4) is 0 Å². The van der Waals surface area contributed by atoms with Gasteiger partial charge >= 0.3 is 0 Å². The van der Waals surface area contributed by atoms with Crippen LogP contribution in [0, 0.1) is 0 Å². The summed E-state index contributed by atoms with van der Waals surface area (Å²) < 4.78 is 0.619. The average molecular weight is 293 g/mol. The van der Waals surface area contributed by atoms with Crippen molar-refractivity contribution in [2.45, 2.75) is 32.2 Å². The van der Waals surface area contributed by atoms with Crippen LogP contribution in [-0.4, -0.2) is 11.1 Å². The molecule has 0 aliphatic carbocycles. The van der Waals surface area contributed by atoms with Crippen molar-refractivity contribution in [1.82, 2.24) is 0 Å². The second-order valence-corrected chi connectivity index (χ2v) is 4.94. The Hall–Kier alpha value is -0.250. The van der Waals surface area contributed by atoms with E-state index in [2.05, 4.69) is 22.9 Å². The topological polar surface area (TPSA) is 46.2 Å². The Bertz CT molecular complexity index is 344. The minimum Gasteiger partial charge on any atom is -0.506 e. The fraction of sp³-hybridized carbons (Fsp3) is 0.455. The van der Waals surface area contributed by atoms with Crippen LogP contribution in [0.15, 0.2) is 16.6 Å². The highest BCUT2D eigenvalue weighted by Gasteiger charge is 2.10. The number of phenols is 1. The molecule has 1 unspecified atom stereocenters. The van der Waals surface area contributed by atoms with Crippen LogP contribution in [0.5, 0.6) is 5.75 Å². The van der Waals surface area contributed by atoms with Gasteiger partial charge in [0.15, 0.2) is 0 Å². The van der Waals surface area contributed by atoms with Crippen LogP contribution < -0.4 is 5.73 Å². The number of rotatable bonds is 4. The summed E-state index contributed by atoms with van der Waals surface area (Å²) in [6, 6.07) is 3.51. The molecule has 15 heavy (non-hydrogen) atoms. The van der Waals surface area contributed by atoms with E-state index in [1.54, 1.807) is 12.1 Å². The first-order valence-electron chi connectivity index (χ1n) is 4.97. The molecule has 0 heterocycles. The van der Waals surface area contributed by atoms with Gasteiger partial charge in [-0.15, -0.1) is 0 Å². The van der Waals surface area contributed by atoms with Crippen molar-refractivity contribution in [2.75, 3.05) is 0 Å². The summed E-state index contributed by atoms with van der Waals surface area (Å²) in [5.41, 5.74) is 6.72. The standard InChI is InChI=1S/C11H15BrClNO/c1-2-3-9(14)5-7-4-8(13)6-10(12)11(7)15/h4,6,9,15H,2-3,5,14H2,1H3. The third kappa shape index (κ3) is 3.67. The van der Waals surface area contributed by atoms with Gasteiger partial charge in [0.1, 0.15) is 5.75 Å². The second-order valence-electron chi connectivity index (χ2n) is 3.65. The fourth-order valence-electron chi connectivity index (χ4n) is 1.53. The van der Waals surface area contributed by atoms with Crippen LogP contribution in [0.1, 0.15) is 25.3 Å². The summed E-state index contributed by atoms with van der Waals surface area (Å²) in [5.74, 6) is 0.242. The number of halogens is 2. The third-order valence-electron chi connectivity index (χ3n) is 2.25. The molecule has 0 aliphatic heterocycles. The van der Waals surface area contributed by atoms with Gasteiger partial charge in [-0.3, -0.25) is 0 Å². The molecule has 0 saturated carbocycles. The molecule has 1 atom stereocenters. The summed E-state index contributed by atoms with van der Waals surface area (Å²) in [5, 5.41) is 10.4. The maximum Gasteiger partial charge on any atom is 0.133 e. The zero-order valence-electron chi connectivity index (χ0n) is 8.63. The van der Waals surface area contributed by atoms with Crippen LogP contribution in [0.4, 0.5) is 0 Å². The maximum absolute atomic E-state index is 9.78. The minimum atomic E-state index is 0.0752. The van der Waals surface area contributed by atoms with Gasteiger partial charge in [-0.25, -0.2) is 0 Å². The Morgan fingerprint density at radius 3 is 2.80 bits per heavy atom. The van der Waals surface area contributed by atoms with E-state index in [0.717, 1.165) is 18.4 Å². The predicted molar refractivity (Wildman–Crippen MR) is 67.4 cm³/mol. The Morgan fingerprint density at radius 2 is 2.20 bits per heavy atom. The zero-order valence-corrected chi connectivity index (χ0v) is 11.0. The summed E-state index contributed by atoms with van der Waals surface area (Å²) >= 11 is 9.15. The second kappa shape index (κ2) is 5.73. The van der Waals surface area contributed by atoms with Gasteiger partial charge in [-0.05, 0) is 46.5 Å². The lowest BCUT2D eigenvalue weighted by Gasteiger charge is -2.12. The molecule has 0 bridgehead atoms. The summed E-state index contributed by atoms with van der Waals surface area (Å²) in [6.45, 7) is 2.09. The highest BCUT2D eigenvalue weighted by Crippen LogP contribution is 2.32. The van der Waals surface area contributed by atoms with Crippen LogP contribution in [0.25, 0.3) is 0 Å². The number of hydrogen-bond acceptors (Lipinski definition) is 2. The highest BCUT2D eigenvalue weighted by atomic mass is 79.9. The maximum atomic E-state index is 9.78. The quantitative estimate of drug-likeness (QED) is 0.892. The average Bonchev–Trinajstić information content (AvgIpc) is 2.13. The lowest BCUT2D eigenvalue weighted by atomic mass is 10.0. The molecule has 0 aliphatic rings. The van der Waals surface area contributed by atoms with Gasteiger partial charge in [-0.2, -0.15) is 0 Å². The summed E-state index contributed by atoms with van der Waals surface area (Å²) in [4.78, 5) is 0. The Balaban J connectivity index is 2.84. The monoisotopic (exact) mass is 291 g/mol. The highest BCUT2D eigenvalue weighted by molar-refractivity contribution is 9.10. The first kappa shape index (κ1) is 12.8. The first-order chi connectivity index (χ1) is 7.04. The molecule has 0 aromatic heterocycles. The van der Waals surface area contributed by atoms with Crippen molar-refractivity contribution < 1.29 is 5.11 Å². The van der Waals surface area contributed by atoms with Gasteiger partial charge in [0.25, 0.3) is 0 Å². The van der Waals surface area contributed by atoms with Crippen molar-refractivity contribution in [3.05, 3.63) is 27.2 Å². The minimum absolute atomic E-state index is 0.0752. The fourth-order valence-corrected chi connectivity index (χ4v) is 2.40. The van der Waals surface area contributed by atoms with E-state index >= 15 is 0 Å². The smallest absolute Gasteiger partial charge is 0.133 e. The normalized spacial score (nSPS) is 12.8. The Labute approximate surface area is 104 Å². The summed E-state index contributed by atoms with van der Waals surface area (Å²) in [6.07, 6.45) is 2.64. The van der Waals surface area contributed by atoms with Gasteiger partial charge in [0.05, 0.1) is 4.47 Å². The van der Waals surface area contributed by atoms with E-state index in [0.29, 0.717) is 15.9 Å². The predicted octanol–water partition coefficient (Wildman–Crippen LogP) is 3.48. The van der Waals surface area contributed by atoms with Gasteiger partial charge in [0.2, 0.25) is 0 Å². The van der Waals surface area contributed by atoms with E-state index in [1.165, 1.54) is 0 Å². The molecule has 3 N–H and O–H groups in total. The van der Waals surface area contributed by atoms with Crippen molar-refractivity contribution in [2.24, 2.45) is 5.73 Å². The molecule has 0 spiro atoms. The Morgan fingerprint density at radius 1 is 1.53 bits per heavy atom. The molecule has 0 fully saturated rings. The number of hydrogen-bond donors (Lipinski definition) is 2. The van der Waals surface area contributed by atoms with Gasteiger partial charge < -0.3 is 10.8 Å². The molecular weight excluding hydrogens is 277 g/mol. The van der Waals surface area contributed by atoms with E-state index in [1.807, 2.05) is 0 Å². The largest absolute Gasteiger partial charge is 0.506 e. The lowest BCUT2D eigenvalue weighted by molar-refractivity contribution is 0.459. The van der Waals surface area contributed by atoms with E-state index < -0.39 is 0 Å². The molecular formula is C11H15BrClNO. The molecule has 0 amide bonds. The van der Waals surface area contributed by atoms with E-state index in [4.69, 9.17) is 17.3 Å². The molecule has 2 nitrogen and oxygen atoms in total. The molecule has 1 aromatic carbocycles. The summed E-state index contributed by atoms with van der Waals surface area (Å²) in [7, 11) is 0. The molecule has 0 radical (unpaired) electrons. The number of aromatic hydroxyl groups is 1. The molecule has 84 valence electrons. The van der Waals surface area contributed by atoms with Crippen molar-refractivity contribution >= 4 is 27.5 Å². The van der Waals surface area contributed by atoms with Crippen LogP contribution in [-0.2, 0) is 6.42 Å². The lowest BCUT2D eigenvalue weighted by Crippen LogP contribution is -2.22. The number of benzene rings is 1. The first-order valence-corrected chi connectivity index (χ1v) is 6.14.